The number of ether oxygens (including phenoxy) is 1. The minimum absolute atomic E-state index is 0.0403. The lowest BCUT2D eigenvalue weighted by Gasteiger charge is -2.12. The number of benzene rings is 1. The van der Waals surface area contributed by atoms with Gasteiger partial charge in [-0.3, -0.25) is 4.79 Å². The maximum Gasteiger partial charge on any atom is 0.258 e. The summed E-state index contributed by atoms with van der Waals surface area (Å²) in [6, 6.07) is 5.56. The summed E-state index contributed by atoms with van der Waals surface area (Å²) in [4.78, 5) is 11.4. The van der Waals surface area contributed by atoms with E-state index in [4.69, 9.17) is 10.00 Å². The summed E-state index contributed by atoms with van der Waals surface area (Å²) in [6.07, 6.45) is 1.61. The second-order valence-electron chi connectivity index (χ2n) is 3.93. The Hall–Kier alpha value is -2.28. The number of hydrogen-bond acceptors (Lipinski definition) is 3. The van der Waals surface area contributed by atoms with Crippen LogP contribution in [0.4, 0.5) is 0 Å². The summed E-state index contributed by atoms with van der Waals surface area (Å²) in [5, 5.41) is 11.5. The minimum atomic E-state index is -0.196. The van der Waals surface area contributed by atoms with E-state index < -0.39 is 0 Å². The summed E-state index contributed by atoms with van der Waals surface area (Å²) >= 11 is 0. The van der Waals surface area contributed by atoms with Crippen molar-refractivity contribution in [1.82, 2.24) is 5.32 Å². The summed E-state index contributed by atoms with van der Waals surface area (Å²) in [5.74, 6) is 0.459. The van der Waals surface area contributed by atoms with Crippen molar-refractivity contribution >= 4 is 5.91 Å². The first-order valence-electron chi connectivity index (χ1n) is 5.60. The zero-order chi connectivity index (χ0) is 13.5. The third kappa shape index (κ3) is 3.63. The fourth-order valence-corrected chi connectivity index (χ4v) is 1.62. The van der Waals surface area contributed by atoms with Crippen LogP contribution in [-0.2, 0) is 4.79 Å². The highest BCUT2D eigenvalue weighted by atomic mass is 16.5. The molecule has 4 nitrogen and oxygen atoms in total. The predicted octanol–water partition coefficient (Wildman–Crippen LogP) is 1.86. The molecular weight excluding hydrogens is 228 g/mol. The van der Waals surface area contributed by atoms with E-state index in [0.717, 1.165) is 11.1 Å². The zero-order valence-electron chi connectivity index (χ0n) is 10.6. The number of hydrogen-bond donors (Lipinski definition) is 1. The zero-order valence-corrected chi connectivity index (χ0v) is 10.6. The van der Waals surface area contributed by atoms with Crippen LogP contribution in [0.5, 0.6) is 5.75 Å². The van der Waals surface area contributed by atoms with Gasteiger partial charge in [-0.15, -0.1) is 6.58 Å². The highest BCUT2D eigenvalue weighted by molar-refractivity contribution is 5.77. The number of carbonyl (C=O) groups is 1. The molecule has 4 heteroatoms. The topological polar surface area (TPSA) is 62.1 Å². The lowest BCUT2D eigenvalue weighted by Crippen LogP contribution is -2.29. The van der Waals surface area contributed by atoms with Gasteiger partial charge in [0.15, 0.2) is 6.61 Å². The Morgan fingerprint density at radius 1 is 1.50 bits per heavy atom. The normalized spacial score (nSPS) is 9.39. The molecule has 0 aliphatic carbocycles. The SMILES string of the molecule is C=CCNC(=O)COc1c(C)cc(C#N)cc1C. The molecule has 0 aromatic heterocycles. The number of nitrogens with one attached hydrogen (secondary N) is 1. The van der Waals surface area contributed by atoms with Gasteiger partial charge in [0.2, 0.25) is 0 Å². The van der Waals surface area contributed by atoms with Crippen LogP contribution < -0.4 is 10.1 Å². The van der Waals surface area contributed by atoms with Crippen molar-refractivity contribution in [2.24, 2.45) is 0 Å². The van der Waals surface area contributed by atoms with Gasteiger partial charge in [0, 0.05) is 6.54 Å². The quantitative estimate of drug-likeness (QED) is 0.804. The molecule has 0 fully saturated rings. The molecule has 0 aliphatic heterocycles. The molecule has 0 radical (unpaired) electrons. The van der Waals surface area contributed by atoms with Crippen LogP contribution in [0.3, 0.4) is 0 Å². The van der Waals surface area contributed by atoms with Gasteiger partial charge in [0.1, 0.15) is 5.75 Å². The Balaban J connectivity index is 2.71. The molecule has 0 aliphatic rings. The molecule has 0 atom stereocenters. The molecule has 0 saturated carbocycles. The van der Waals surface area contributed by atoms with E-state index in [0.29, 0.717) is 17.9 Å². The van der Waals surface area contributed by atoms with Crippen LogP contribution in [0.1, 0.15) is 16.7 Å². The van der Waals surface area contributed by atoms with E-state index in [1.54, 1.807) is 18.2 Å². The Labute approximate surface area is 107 Å². The second-order valence-corrected chi connectivity index (χ2v) is 3.93. The van der Waals surface area contributed by atoms with Gasteiger partial charge in [-0.05, 0) is 37.1 Å². The highest BCUT2D eigenvalue weighted by Gasteiger charge is 2.08. The lowest BCUT2D eigenvalue weighted by molar-refractivity contribution is -0.122. The van der Waals surface area contributed by atoms with Crippen LogP contribution in [0.2, 0.25) is 0 Å². The van der Waals surface area contributed by atoms with Crippen LogP contribution in [0, 0.1) is 25.2 Å². The van der Waals surface area contributed by atoms with Gasteiger partial charge in [-0.25, -0.2) is 0 Å². The van der Waals surface area contributed by atoms with Crippen molar-refractivity contribution in [3.8, 4) is 11.8 Å². The van der Waals surface area contributed by atoms with E-state index in [2.05, 4.69) is 18.0 Å². The van der Waals surface area contributed by atoms with Crippen molar-refractivity contribution < 1.29 is 9.53 Å². The van der Waals surface area contributed by atoms with Gasteiger partial charge < -0.3 is 10.1 Å². The summed E-state index contributed by atoms with van der Waals surface area (Å²) in [7, 11) is 0. The van der Waals surface area contributed by atoms with E-state index in [9.17, 15) is 4.79 Å². The van der Waals surface area contributed by atoms with Crippen molar-refractivity contribution in [2.45, 2.75) is 13.8 Å². The molecule has 0 heterocycles. The average molecular weight is 244 g/mol. The smallest absolute Gasteiger partial charge is 0.258 e. The van der Waals surface area contributed by atoms with Crippen molar-refractivity contribution in [1.29, 1.82) is 5.26 Å². The summed E-state index contributed by atoms with van der Waals surface area (Å²) in [5.41, 5.74) is 2.29. The standard InChI is InChI=1S/C14H16N2O2/c1-4-5-16-13(17)9-18-14-10(2)6-12(8-15)7-11(14)3/h4,6-7H,1,5,9H2,2-3H3,(H,16,17). The largest absolute Gasteiger partial charge is 0.483 e. The molecule has 18 heavy (non-hydrogen) atoms. The molecule has 94 valence electrons. The van der Waals surface area contributed by atoms with Crippen LogP contribution in [0.15, 0.2) is 24.8 Å². The molecule has 0 unspecified atom stereocenters. The maximum absolute atomic E-state index is 11.4. The van der Waals surface area contributed by atoms with Crippen molar-refractivity contribution in [2.75, 3.05) is 13.2 Å². The number of rotatable bonds is 5. The lowest BCUT2D eigenvalue weighted by atomic mass is 10.1. The molecule has 0 spiro atoms. The Kier molecular flexibility index (Phi) is 4.94. The Morgan fingerprint density at radius 3 is 2.61 bits per heavy atom. The van der Waals surface area contributed by atoms with E-state index in [1.807, 2.05) is 13.8 Å². The minimum Gasteiger partial charge on any atom is -0.483 e. The molecule has 0 bridgehead atoms. The fraction of sp³-hybridized carbons (Fsp3) is 0.286. The number of aryl methyl sites for hydroxylation is 2. The van der Waals surface area contributed by atoms with Gasteiger partial charge in [0.25, 0.3) is 5.91 Å². The first-order valence-corrected chi connectivity index (χ1v) is 5.60. The van der Waals surface area contributed by atoms with E-state index in [1.165, 1.54) is 0 Å². The van der Waals surface area contributed by atoms with E-state index >= 15 is 0 Å². The van der Waals surface area contributed by atoms with Gasteiger partial charge in [-0.2, -0.15) is 5.26 Å². The Morgan fingerprint density at radius 2 is 2.11 bits per heavy atom. The molecule has 1 rings (SSSR count). The second kappa shape index (κ2) is 6.45. The van der Waals surface area contributed by atoms with Crippen LogP contribution in [0.25, 0.3) is 0 Å². The highest BCUT2D eigenvalue weighted by Crippen LogP contribution is 2.24. The first-order chi connectivity index (χ1) is 8.58. The molecule has 1 N–H and O–H groups in total. The fourth-order valence-electron chi connectivity index (χ4n) is 1.62. The summed E-state index contributed by atoms with van der Waals surface area (Å²) < 4.78 is 5.47. The monoisotopic (exact) mass is 244 g/mol. The maximum atomic E-state index is 11.4. The van der Waals surface area contributed by atoms with Crippen LogP contribution >= 0.6 is 0 Å². The third-order valence-electron chi connectivity index (χ3n) is 2.38. The summed E-state index contributed by atoms with van der Waals surface area (Å²) in [6.45, 7) is 7.60. The van der Waals surface area contributed by atoms with Gasteiger partial charge >= 0.3 is 0 Å². The van der Waals surface area contributed by atoms with Crippen LogP contribution in [-0.4, -0.2) is 19.1 Å². The molecular formula is C14H16N2O2. The Bertz CT molecular complexity index is 478. The number of carbonyl (C=O) groups excluding carboxylic acids is 1. The van der Waals surface area contributed by atoms with Gasteiger partial charge in [-0.1, -0.05) is 6.08 Å². The third-order valence-corrected chi connectivity index (χ3v) is 2.38. The number of nitriles is 1. The first kappa shape index (κ1) is 13.8. The average Bonchev–Trinajstić information content (AvgIpc) is 2.34. The van der Waals surface area contributed by atoms with E-state index in [-0.39, 0.29) is 12.5 Å². The molecule has 0 saturated heterocycles. The van der Waals surface area contributed by atoms with Gasteiger partial charge in [0.05, 0.1) is 11.6 Å². The van der Waals surface area contributed by atoms with Crippen molar-refractivity contribution in [3.63, 3.8) is 0 Å². The number of nitrogens with zero attached hydrogens (tertiary/aromatic N) is 1. The molecule has 1 aromatic rings. The predicted molar refractivity (Wildman–Crippen MR) is 69.3 cm³/mol. The number of amides is 1. The van der Waals surface area contributed by atoms with Crippen molar-refractivity contribution in [3.05, 3.63) is 41.5 Å². The molecule has 1 aromatic carbocycles. The molecule has 1 amide bonds.